The average molecular weight is 328 g/mol. The van der Waals surface area contributed by atoms with Crippen LogP contribution < -0.4 is 5.32 Å². The monoisotopic (exact) mass is 327 g/mol. The van der Waals surface area contributed by atoms with Gasteiger partial charge in [-0.3, -0.25) is 9.48 Å². The van der Waals surface area contributed by atoms with Crippen molar-refractivity contribution in [1.82, 2.24) is 15.1 Å². The smallest absolute Gasteiger partial charge is 0.244 e. The van der Waals surface area contributed by atoms with Gasteiger partial charge in [0.1, 0.15) is 6.04 Å². The topological polar surface area (TPSA) is 46.9 Å². The summed E-state index contributed by atoms with van der Waals surface area (Å²) in [7, 11) is 0. The summed E-state index contributed by atoms with van der Waals surface area (Å²) in [6.07, 6.45) is 0. The van der Waals surface area contributed by atoms with Gasteiger partial charge in [-0.05, 0) is 37.6 Å². The molecular weight excluding hydrogens is 310 g/mol. The van der Waals surface area contributed by atoms with Gasteiger partial charge >= 0.3 is 0 Å². The van der Waals surface area contributed by atoms with Crippen LogP contribution in [-0.2, 0) is 11.3 Å². The highest BCUT2D eigenvalue weighted by atomic mass is 35.5. The molecule has 0 bridgehead atoms. The molecule has 0 aliphatic heterocycles. The molecule has 23 heavy (non-hydrogen) atoms. The number of rotatable bonds is 4. The highest BCUT2D eigenvalue weighted by Crippen LogP contribution is 2.21. The van der Waals surface area contributed by atoms with Crippen molar-refractivity contribution in [2.24, 2.45) is 0 Å². The molecule has 0 saturated heterocycles. The van der Waals surface area contributed by atoms with Crippen molar-refractivity contribution in [2.75, 3.05) is 0 Å². The van der Waals surface area contributed by atoms with Gasteiger partial charge in [0.15, 0.2) is 0 Å². The van der Waals surface area contributed by atoms with E-state index in [-0.39, 0.29) is 11.9 Å². The number of carbonyl (C=O) groups excluding carboxylic acids is 1. The Bertz CT molecular complexity index is 839. The van der Waals surface area contributed by atoms with E-state index in [0.717, 1.165) is 22.2 Å². The van der Waals surface area contributed by atoms with Crippen molar-refractivity contribution in [3.8, 4) is 0 Å². The van der Waals surface area contributed by atoms with Crippen LogP contribution in [-0.4, -0.2) is 15.7 Å². The molecule has 0 radical (unpaired) electrons. The van der Waals surface area contributed by atoms with Crippen LogP contribution in [0.3, 0.4) is 0 Å². The predicted molar refractivity (Wildman–Crippen MR) is 92.5 cm³/mol. The van der Waals surface area contributed by atoms with E-state index in [1.807, 2.05) is 62.4 Å². The molecule has 1 heterocycles. The number of aromatic nitrogens is 2. The fourth-order valence-electron chi connectivity index (χ4n) is 2.59. The summed E-state index contributed by atoms with van der Waals surface area (Å²) < 4.78 is 1.78. The summed E-state index contributed by atoms with van der Waals surface area (Å²) >= 11 is 5.86. The molecular formula is C18H18ClN3O. The SMILES string of the molecule is Cc1nn([C@H](C)C(=O)NCc2ccc(Cl)cc2)c2ccccc12. The molecule has 1 atom stereocenters. The van der Waals surface area contributed by atoms with E-state index < -0.39 is 0 Å². The van der Waals surface area contributed by atoms with Crippen LogP contribution in [0.15, 0.2) is 48.5 Å². The Hall–Kier alpha value is -2.33. The van der Waals surface area contributed by atoms with Gasteiger partial charge in [-0.1, -0.05) is 41.9 Å². The van der Waals surface area contributed by atoms with Crippen LogP contribution in [0.1, 0.15) is 24.2 Å². The maximum atomic E-state index is 12.4. The highest BCUT2D eigenvalue weighted by molar-refractivity contribution is 6.30. The number of fused-ring (bicyclic) bond motifs is 1. The number of aryl methyl sites for hydroxylation is 1. The number of hydrogen-bond acceptors (Lipinski definition) is 2. The number of para-hydroxylation sites is 1. The van der Waals surface area contributed by atoms with Gasteiger partial charge in [-0.2, -0.15) is 5.10 Å². The molecule has 118 valence electrons. The molecule has 0 fully saturated rings. The summed E-state index contributed by atoms with van der Waals surface area (Å²) in [5.74, 6) is -0.0618. The second kappa shape index (κ2) is 6.42. The molecule has 1 aromatic heterocycles. The first-order chi connectivity index (χ1) is 11.1. The van der Waals surface area contributed by atoms with Crippen molar-refractivity contribution < 1.29 is 4.79 Å². The number of amides is 1. The largest absolute Gasteiger partial charge is 0.350 e. The molecule has 0 aliphatic carbocycles. The van der Waals surface area contributed by atoms with Crippen LogP contribution in [0.25, 0.3) is 10.9 Å². The second-order valence-electron chi connectivity index (χ2n) is 5.57. The summed E-state index contributed by atoms with van der Waals surface area (Å²) in [5, 5.41) is 9.22. The van der Waals surface area contributed by atoms with E-state index in [2.05, 4.69) is 10.4 Å². The quantitative estimate of drug-likeness (QED) is 0.790. The molecule has 0 aliphatic rings. The van der Waals surface area contributed by atoms with E-state index in [1.165, 1.54) is 0 Å². The first-order valence-electron chi connectivity index (χ1n) is 7.52. The maximum Gasteiger partial charge on any atom is 0.244 e. The summed E-state index contributed by atoms with van der Waals surface area (Å²) in [6.45, 7) is 4.28. The Balaban J connectivity index is 1.75. The second-order valence-corrected chi connectivity index (χ2v) is 6.00. The Labute approximate surface area is 140 Å². The molecule has 5 heteroatoms. The zero-order valence-corrected chi connectivity index (χ0v) is 13.8. The van der Waals surface area contributed by atoms with E-state index in [0.29, 0.717) is 11.6 Å². The van der Waals surface area contributed by atoms with Crippen LogP contribution in [0.2, 0.25) is 5.02 Å². The van der Waals surface area contributed by atoms with Gasteiger partial charge in [0.05, 0.1) is 11.2 Å². The zero-order valence-electron chi connectivity index (χ0n) is 13.1. The lowest BCUT2D eigenvalue weighted by atomic mass is 10.2. The molecule has 3 rings (SSSR count). The Morgan fingerprint density at radius 1 is 1.22 bits per heavy atom. The molecule has 1 amide bonds. The van der Waals surface area contributed by atoms with Crippen molar-refractivity contribution in [2.45, 2.75) is 26.4 Å². The molecule has 3 aromatic rings. The highest BCUT2D eigenvalue weighted by Gasteiger charge is 2.18. The van der Waals surface area contributed by atoms with Crippen LogP contribution >= 0.6 is 11.6 Å². The predicted octanol–water partition coefficient (Wildman–Crippen LogP) is 3.88. The number of benzene rings is 2. The third kappa shape index (κ3) is 3.22. The van der Waals surface area contributed by atoms with Gasteiger partial charge in [0.25, 0.3) is 0 Å². The first kappa shape index (κ1) is 15.6. The minimum atomic E-state index is -0.374. The van der Waals surface area contributed by atoms with E-state index in [4.69, 9.17) is 11.6 Å². The third-order valence-electron chi connectivity index (χ3n) is 3.92. The van der Waals surface area contributed by atoms with Crippen molar-refractivity contribution in [3.63, 3.8) is 0 Å². The number of halogens is 1. The van der Waals surface area contributed by atoms with Gasteiger partial charge in [0, 0.05) is 17.0 Å². The molecule has 1 N–H and O–H groups in total. The minimum absolute atomic E-state index is 0.0618. The minimum Gasteiger partial charge on any atom is -0.350 e. The van der Waals surface area contributed by atoms with Gasteiger partial charge in [0.2, 0.25) is 5.91 Å². The number of carbonyl (C=O) groups is 1. The fourth-order valence-corrected chi connectivity index (χ4v) is 2.72. The van der Waals surface area contributed by atoms with E-state index in [1.54, 1.807) is 4.68 Å². The van der Waals surface area contributed by atoms with Crippen molar-refractivity contribution in [3.05, 3.63) is 64.8 Å². The molecule has 0 saturated carbocycles. The van der Waals surface area contributed by atoms with Gasteiger partial charge < -0.3 is 5.32 Å². The number of nitrogens with zero attached hydrogens (tertiary/aromatic N) is 2. The van der Waals surface area contributed by atoms with Crippen LogP contribution in [0.5, 0.6) is 0 Å². The van der Waals surface area contributed by atoms with E-state index >= 15 is 0 Å². The van der Waals surface area contributed by atoms with Gasteiger partial charge in [-0.15, -0.1) is 0 Å². The van der Waals surface area contributed by atoms with E-state index in [9.17, 15) is 4.79 Å². The molecule has 0 unspecified atom stereocenters. The summed E-state index contributed by atoms with van der Waals surface area (Å²) in [4.78, 5) is 12.4. The lowest BCUT2D eigenvalue weighted by Crippen LogP contribution is -2.31. The summed E-state index contributed by atoms with van der Waals surface area (Å²) in [6, 6.07) is 15.0. The third-order valence-corrected chi connectivity index (χ3v) is 4.18. The maximum absolute atomic E-state index is 12.4. The van der Waals surface area contributed by atoms with Crippen LogP contribution in [0, 0.1) is 6.92 Å². The zero-order chi connectivity index (χ0) is 16.4. The summed E-state index contributed by atoms with van der Waals surface area (Å²) in [5.41, 5.74) is 2.91. The first-order valence-corrected chi connectivity index (χ1v) is 7.90. The van der Waals surface area contributed by atoms with Crippen LogP contribution in [0.4, 0.5) is 0 Å². The number of nitrogens with one attached hydrogen (secondary N) is 1. The lowest BCUT2D eigenvalue weighted by Gasteiger charge is -2.14. The fraction of sp³-hybridized carbons (Fsp3) is 0.222. The van der Waals surface area contributed by atoms with Crippen molar-refractivity contribution >= 4 is 28.4 Å². The normalized spacial score (nSPS) is 12.3. The Kier molecular flexibility index (Phi) is 4.35. The lowest BCUT2D eigenvalue weighted by molar-refractivity contribution is -0.124. The average Bonchev–Trinajstić information content (AvgIpc) is 2.91. The molecule has 0 spiro atoms. The molecule has 4 nitrogen and oxygen atoms in total. The Morgan fingerprint density at radius 2 is 1.91 bits per heavy atom. The van der Waals surface area contributed by atoms with Gasteiger partial charge in [-0.25, -0.2) is 0 Å². The Morgan fingerprint density at radius 3 is 2.65 bits per heavy atom. The standard InChI is InChI=1S/C18H18ClN3O/c1-12-16-5-3-4-6-17(16)22(21-12)13(2)18(23)20-11-14-7-9-15(19)10-8-14/h3-10,13H,11H2,1-2H3,(H,20,23)/t13-/m1/s1. The number of hydrogen-bond donors (Lipinski definition) is 1. The molecule has 2 aromatic carbocycles. The van der Waals surface area contributed by atoms with Crippen molar-refractivity contribution in [1.29, 1.82) is 0 Å².